The van der Waals surface area contributed by atoms with E-state index >= 15 is 0 Å². The van der Waals surface area contributed by atoms with Crippen molar-refractivity contribution in [1.82, 2.24) is 0 Å². The molecule has 2 aromatic carbocycles. The lowest BCUT2D eigenvalue weighted by molar-refractivity contribution is -0.128. The Bertz CT molecular complexity index is 1060. The molecule has 0 aromatic heterocycles. The molecule has 0 spiro atoms. The fraction of sp³-hybridized carbons (Fsp3) is 0.517. The first-order valence-corrected chi connectivity index (χ1v) is 12.4. The molecule has 4 heteroatoms. The molecule has 0 bridgehead atoms. The third-order valence-corrected chi connectivity index (χ3v) is 9.18. The lowest BCUT2D eigenvalue weighted by Gasteiger charge is -2.50. The molecule has 2 aromatic rings. The number of fused-ring (bicyclic) bond motifs is 5. The van der Waals surface area contributed by atoms with Gasteiger partial charge >= 0.3 is 5.97 Å². The number of hydrogen-bond acceptors (Lipinski definition) is 3. The normalized spacial score (nSPS) is 30.1. The van der Waals surface area contributed by atoms with E-state index in [1.165, 1.54) is 16.7 Å². The van der Waals surface area contributed by atoms with Crippen LogP contribution in [0.1, 0.15) is 78.4 Å². The number of benzene rings is 2. The van der Waals surface area contributed by atoms with Crippen LogP contribution in [0, 0.1) is 23.2 Å². The van der Waals surface area contributed by atoms with Crippen molar-refractivity contribution in [3.8, 4) is 5.75 Å². The highest BCUT2D eigenvalue weighted by atomic mass is 16.5. The molecular formula is C29H34O4. The smallest absolute Gasteiger partial charge is 0.335 e. The van der Waals surface area contributed by atoms with E-state index in [2.05, 4.69) is 25.1 Å². The zero-order chi connectivity index (χ0) is 23.2. The van der Waals surface area contributed by atoms with E-state index in [4.69, 9.17) is 4.74 Å². The molecule has 2 saturated carbocycles. The van der Waals surface area contributed by atoms with Crippen molar-refractivity contribution < 1.29 is 19.4 Å². The molecule has 0 amide bonds. The Balaban J connectivity index is 1.29. The second kappa shape index (κ2) is 8.62. The Morgan fingerprint density at radius 1 is 1.06 bits per heavy atom. The summed E-state index contributed by atoms with van der Waals surface area (Å²) in [5.41, 5.74) is 4.29. The Labute approximate surface area is 196 Å². The van der Waals surface area contributed by atoms with Crippen LogP contribution in [-0.2, 0) is 17.6 Å². The minimum atomic E-state index is -0.845. The van der Waals surface area contributed by atoms with E-state index < -0.39 is 5.97 Å². The summed E-state index contributed by atoms with van der Waals surface area (Å²) in [5.74, 6) is 2.35. The standard InChI is InChI=1S/C29H34O4/c1-29-16-15-23-22-10-7-20(28(31)32)17-19(22)6-11-24(23)25(29)12-13-26(29)27(30)14-5-18-3-8-21(33-2)9-4-18/h3-4,7-10,17,23-26H,5-6,11-16H2,1-2H3,(H,31,32)/t23-,24-,25+,26-,29+/m1/s1. The summed E-state index contributed by atoms with van der Waals surface area (Å²) in [6, 6.07) is 13.8. The number of ether oxygens (including phenoxy) is 1. The maximum Gasteiger partial charge on any atom is 0.335 e. The molecule has 5 rings (SSSR count). The molecule has 0 aliphatic heterocycles. The maximum absolute atomic E-state index is 13.4. The maximum atomic E-state index is 13.4. The number of hydrogen-bond donors (Lipinski definition) is 1. The topological polar surface area (TPSA) is 63.6 Å². The molecule has 0 radical (unpaired) electrons. The van der Waals surface area contributed by atoms with Gasteiger partial charge in [-0.2, -0.15) is 0 Å². The minimum Gasteiger partial charge on any atom is -0.497 e. The van der Waals surface area contributed by atoms with Crippen molar-refractivity contribution >= 4 is 11.8 Å². The van der Waals surface area contributed by atoms with Crippen LogP contribution in [0.2, 0.25) is 0 Å². The quantitative estimate of drug-likeness (QED) is 0.585. The molecule has 5 atom stereocenters. The average Bonchev–Trinajstić information content (AvgIpc) is 3.19. The number of carboxylic acids is 1. The van der Waals surface area contributed by atoms with Crippen molar-refractivity contribution in [2.75, 3.05) is 7.11 Å². The van der Waals surface area contributed by atoms with E-state index in [9.17, 15) is 14.7 Å². The molecule has 0 saturated heterocycles. The highest BCUT2D eigenvalue weighted by molar-refractivity contribution is 5.88. The Morgan fingerprint density at radius 2 is 1.85 bits per heavy atom. The molecule has 33 heavy (non-hydrogen) atoms. The van der Waals surface area contributed by atoms with Gasteiger partial charge in [0.2, 0.25) is 0 Å². The third-order valence-electron chi connectivity index (χ3n) is 9.18. The van der Waals surface area contributed by atoms with Crippen LogP contribution in [0.25, 0.3) is 0 Å². The van der Waals surface area contributed by atoms with Crippen LogP contribution in [0.3, 0.4) is 0 Å². The number of rotatable bonds is 6. The first-order valence-electron chi connectivity index (χ1n) is 12.4. The van der Waals surface area contributed by atoms with Gasteiger partial charge in [-0.3, -0.25) is 4.79 Å². The van der Waals surface area contributed by atoms with Gasteiger partial charge in [-0.25, -0.2) is 4.79 Å². The Hall–Kier alpha value is -2.62. The highest BCUT2D eigenvalue weighted by Gasteiger charge is 2.56. The predicted molar refractivity (Wildman–Crippen MR) is 128 cm³/mol. The first kappa shape index (κ1) is 22.2. The fourth-order valence-corrected chi connectivity index (χ4v) is 7.48. The van der Waals surface area contributed by atoms with Gasteiger partial charge in [0.15, 0.2) is 0 Å². The van der Waals surface area contributed by atoms with E-state index in [1.807, 2.05) is 18.2 Å². The molecule has 0 heterocycles. The van der Waals surface area contributed by atoms with Crippen LogP contribution in [0.15, 0.2) is 42.5 Å². The first-order chi connectivity index (χ1) is 15.9. The summed E-state index contributed by atoms with van der Waals surface area (Å²) in [6.07, 6.45) is 7.88. The van der Waals surface area contributed by atoms with E-state index in [-0.39, 0.29) is 11.3 Å². The highest BCUT2D eigenvalue weighted by Crippen LogP contribution is 2.63. The lowest BCUT2D eigenvalue weighted by atomic mass is 9.53. The third kappa shape index (κ3) is 3.88. The fourth-order valence-electron chi connectivity index (χ4n) is 7.48. The van der Waals surface area contributed by atoms with Crippen molar-refractivity contribution in [2.24, 2.45) is 23.2 Å². The zero-order valence-electron chi connectivity index (χ0n) is 19.7. The molecule has 2 fully saturated rings. The van der Waals surface area contributed by atoms with Crippen molar-refractivity contribution in [3.63, 3.8) is 0 Å². The van der Waals surface area contributed by atoms with Crippen molar-refractivity contribution in [1.29, 1.82) is 0 Å². The van der Waals surface area contributed by atoms with Gasteiger partial charge in [-0.1, -0.05) is 25.1 Å². The van der Waals surface area contributed by atoms with Crippen LogP contribution < -0.4 is 4.74 Å². The molecule has 1 N–H and O–H groups in total. The SMILES string of the molecule is COc1ccc(CCC(=O)[C@H]2CC[C@H]3[C@@H]4CCc5cc(C(=O)O)ccc5[C@H]4CC[C@]23C)cc1. The van der Waals surface area contributed by atoms with E-state index in [1.54, 1.807) is 13.2 Å². The molecular weight excluding hydrogens is 412 g/mol. The van der Waals surface area contributed by atoms with Gasteiger partial charge in [0.05, 0.1) is 12.7 Å². The molecule has 3 aliphatic carbocycles. The minimum absolute atomic E-state index is 0.108. The van der Waals surface area contributed by atoms with Gasteiger partial charge in [-0.05, 0) is 109 Å². The molecule has 0 unspecified atom stereocenters. The number of aryl methyl sites for hydroxylation is 2. The summed E-state index contributed by atoms with van der Waals surface area (Å²) in [4.78, 5) is 24.8. The second-order valence-electron chi connectivity index (χ2n) is 10.6. The zero-order valence-corrected chi connectivity index (χ0v) is 19.7. The van der Waals surface area contributed by atoms with E-state index in [0.717, 1.165) is 50.7 Å². The lowest BCUT2D eigenvalue weighted by Crippen LogP contribution is -2.44. The largest absolute Gasteiger partial charge is 0.497 e. The summed E-state index contributed by atoms with van der Waals surface area (Å²) in [7, 11) is 1.67. The molecule has 3 aliphatic rings. The molecule has 174 valence electrons. The van der Waals surface area contributed by atoms with Crippen LogP contribution in [0.5, 0.6) is 5.75 Å². The average molecular weight is 447 g/mol. The van der Waals surface area contributed by atoms with Crippen molar-refractivity contribution in [2.45, 2.75) is 64.2 Å². The van der Waals surface area contributed by atoms with Gasteiger partial charge in [0, 0.05) is 12.3 Å². The number of methoxy groups -OCH3 is 1. The summed E-state index contributed by atoms with van der Waals surface area (Å²) >= 11 is 0. The number of carbonyl (C=O) groups is 2. The Morgan fingerprint density at radius 3 is 2.58 bits per heavy atom. The predicted octanol–water partition coefficient (Wildman–Crippen LogP) is 6.07. The van der Waals surface area contributed by atoms with Crippen LogP contribution >= 0.6 is 0 Å². The summed E-state index contributed by atoms with van der Waals surface area (Å²) < 4.78 is 5.24. The van der Waals surface area contributed by atoms with E-state index in [0.29, 0.717) is 35.5 Å². The number of aromatic carboxylic acids is 1. The number of ketones is 1. The van der Waals surface area contributed by atoms with Crippen LogP contribution in [-0.4, -0.2) is 24.0 Å². The number of carbonyl (C=O) groups excluding carboxylic acids is 1. The number of Topliss-reactive ketones (excluding diaryl/α,β-unsaturated/α-hetero) is 1. The van der Waals surface area contributed by atoms with Crippen LogP contribution in [0.4, 0.5) is 0 Å². The van der Waals surface area contributed by atoms with Gasteiger partial charge in [0.25, 0.3) is 0 Å². The Kier molecular flexibility index (Phi) is 5.80. The second-order valence-corrected chi connectivity index (χ2v) is 10.6. The van der Waals surface area contributed by atoms with Gasteiger partial charge in [0.1, 0.15) is 11.5 Å². The van der Waals surface area contributed by atoms with Gasteiger partial charge < -0.3 is 9.84 Å². The summed E-state index contributed by atoms with van der Waals surface area (Å²) in [5, 5.41) is 9.36. The monoisotopic (exact) mass is 446 g/mol. The summed E-state index contributed by atoms with van der Waals surface area (Å²) in [6.45, 7) is 2.39. The van der Waals surface area contributed by atoms with Gasteiger partial charge in [-0.15, -0.1) is 0 Å². The number of carboxylic acid groups (broad SMARTS) is 1. The molecule has 4 nitrogen and oxygen atoms in total. The van der Waals surface area contributed by atoms with Crippen molar-refractivity contribution in [3.05, 3.63) is 64.7 Å².